The third kappa shape index (κ3) is 3.00. The first-order chi connectivity index (χ1) is 10.8. The highest BCUT2D eigenvalue weighted by atomic mass is 16.5. The number of hydrogen-bond acceptors (Lipinski definition) is 5. The summed E-state index contributed by atoms with van der Waals surface area (Å²) in [6.45, 7) is 5.51. The number of rotatable bonds is 6. The van der Waals surface area contributed by atoms with Gasteiger partial charge in [-0.3, -0.25) is 14.4 Å². The molecule has 0 heterocycles. The van der Waals surface area contributed by atoms with E-state index in [1.165, 1.54) is 7.11 Å². The van der Waals surface area contributed by atoms with Gasteiger partial charge in [0.1, 0.15) is 5.41 Å². The summed E-state index contributed by atoms with van der Waals surface area (Å²) >= 11 is 0. The zero-order valence-electron chi connectivity index (χ0n) is 14.0. The predicted octanol–water partition coefficient (Wildman–Crippen LogP) is 2.66. The van der Waals surface area contributed by atoms with Gasteiger partial charge in [0.05, 0.1) is 19.1 Å². The van der Waals surface area contributed by atoms with Gasteiger partial charge in [-0.25, -0.2) is 0 Å². The van der Waals surface area contributed by atoms with Crippen LogP contribution in [0.15, 0.2) is 24.3 Å². The first kappa shape index (κ1) is 17.2. The Labute approximate surface area is 136 Å². The van der Waals surface area contributed by atoms with Crippen molar-refractivity contribution in [3.8, 4) is 0 Å². The maximum Gasteiger partial charge on any atom is 0.320 e. The van der Waals surface area contributed by atoms with Crippen LogP contribution in [0.5, 0.6) is 0 Å². The average Bonchev–Trinajstić information content (AvgIpc) is 3.35. The number of Topliss-reactive ketones (excluding diaryl/α,β-unsaturated/α-hetero) is 1. The molecule has 1 aromatic rings. The topological polar surface area (TPSA) is 69.7 Å². The number of carbonyl (C=O) groups excluding carboxylic acids is 3. The van der Waals surface area contributed by atoms with Crippen molar-refractivity contribution in [2.45, 2.75) is 39.0 Å². The first-order valence-corrected chi connectivity index (χ1v) is 7.70. The van der Waals surface area contributed by atoms with E-state index in [2.05, 4.69) is 0 Å². The Morgan fingerprint density at radius 2 is 1.70 bits per heavy atom. The smallest absolute Gasteiger partial charge is 0.320 e. The van der Waals surface area contributed by atoms with Crippen LogP contribution in [-0.2, 0) is 24.5 Å². The van der Waals surface area contributed by atoms with E-state index in [0.29, 0.717) is 18.4 Å². The number of methoxy groups -OCH3 is 1. The molecule has 1 aliphatic rings. The summed E-state index contributed by atoms with van der Waals surface area (Å²) < 4.78 is 9.82. The summed E-state index contributed by atoms with van der Waals surface area (Å²) in [5.41, 5.74) is -0.591. The number of hydrogen-bond donors (Lipinski definition) is 0. The van der Waals surface area contributed by atoms with Crippen LogP contribution in [0.2, 0.25) is 0 Å². The second-order valence-corrected chi connectivity index (χ2v) is 6.33. The summed E-state index contributed by atoms with van der Waals surface area (Å²) in [7, 11) is 1.35. The Balaban J connectivity index is 2.22. The molecule has 0 spiro atoms. The van der Waals surface area contributed by atoms with Crippen LogP contribution in [-0.4, -0.2) is 31.4 Å². The second kappa shape index (κ2) is 6.14. The molecule has 5 nitrogen and oxygen atoms in total. The minimum absolute atomic E-state index is 0.210. The second-order valence-electron chi connectivity index (χ2n) is 6.33. The summed E-state index contributed by atoms with van der Waals surface area (Å²) in [5, 5.41) is 0. The molecule has 1 aliphatic carbocycles. The number of ether oxygens (including phenoxy) is 2. The van der Waals surface area contributed by atoms with E-state index < -0.39 is 16.8 Å². The predicted molar refractivity (Wildman–Crippen MR) is 84.1 cm³/mol. The summed E-state index contributed by atoms with van der Waals surface area (Å²) in [6.07, 6.45) is 1.06. The molecule has 0 radical (unpaired) electrons. The van der Waals surface area contributed by atoms with Crippen molar-refractivity contribution >= 4 is 17.7 Å². The molecular weight excluding hydrogens is 296 g/mol. The highest BCUT2D eigenvalue weighted by Crippen LogP contribution is 2.49. The molecule has 124 valence electrons. The molecule has 1 saturated carbocycles. The van der Waals surface area contributed by atoms with E-state index in [0.717, 1.165) is 5.56 Å². The summed E-state index contributed by atoms with van der Waals surface area (Å²) in [4.78, 5) is 36.4. The monoisotopic (exact) mass is 318 g/mol. The highest BCUT2D eigenvalue weighted by Gasteiger charge is 2.57. The Morgan fingerprint density at radius 1 is 1.13 bits per heavy atom. The number of carbonyl (C=O) groups is 3. The minimum atomic E-state index is -1.00. The Morgan fingerprint density at radius 3 is 2.13 bits per heavy atom. The van der Waals surface area contributed by atoms with Crippen LogP contribution in [0.3, 0.4) is 0 Å². The lowest BCUT2D eigenvalue weighted by Crippen LogP contribution is -2.30. The van der Waals surface area contributed by atoms with Crippen molar-refractivity contribution in [2.75, 3.05) is 13.7 Å². The zero-order chi connectivity index (χ0) is 17.3. The minimum Gasteiger partial charge on any atom is -0.468 e. The molecule has 0 aromatic heterocycles. The van der Waals surface area contributed by atoms with Crippen molar-refractivity contribution in [3.63, 3.8) is 0 Å². The zero-order valence-corrected chi connectivity index (χ0v) is 14.0. The fourth-order valence-electron chi connectivity index (χ4n) is 2.61. The van der Waals surface area contributed by atoms with Gasteiger partial charge in [-0.2, -0.15) is 0 Å². The van der Waals surface area contributed by atoms with Crippen LogP contribution in [0.1, 0.15) is 49.5 Å². The number of ketones is 1. The lowest BCUT2D eigenvalue weighted by atomic mass is 9.83. The van der Waals surface area contributed by atoms with Gasteiger partial charge in [0.15, 0.2) is 5.78 Å². The number of esters is 2. The Bertz CT molecular complexity index is 623. The molecular formula is C18H22O5. The lowest BCUT2D eigenvalue weighted by Gasteiger charge is -2.22. The van der Waals surface area contributed by atoms with Crippen LogP contribution in [0.4, 0.5) is 0 Å². The largest absolute Gasteiger partial charge is 0.468 e. The molecule has 23 heavy (non-hydrogen) atoms. The van der Waals surface area contributed by atoms with Crippen LogP contribution < -0.4 is 0 Å². The number of benzene rings is 1. The lowest BCUT2D eigenvalue weighted by molar-refractivity contribution is -0.148. The van der Waals surface area contributed by atoms with Gasteiger partial charge in [-0.05, 0) is 39.2 Å². The Kier molecular flexibility index (Phi) is 4.59. The maximum atomic E-state index is 12.6. The molecule has 0 amide bonds. The molecule has 0 N–H and O–H groups in total. The van der Waals surface area contributed by atoms with Gasteiger partial charge in [0.2, 0.25) is 0 Å². The van der Waals surface area contributed by atoms with Crippen LogP contribution in [0.25, 0.3) is 0 Å². The normalized spacial score (nSPS) is 15.7. The summed E-state index contributed by atoms with van der Waals surface area (Å²) in [5.74, 6) is -0.996. The van der Waals surface area contributed by atoms with Crippen molar-refractivity contribution in [1.82, 2.24) is 0 Å². The van der Waals surface area contributed by atoms with E-state index in [9.17, 15) is 14.4 Å². The molecule has 0 atom stereocenters. The third-order valence-corrected chi connectivity index (χ3v) is 4.42. The van der Waals surface area contributed by atoms with Crippen molar-refractivity contribution in [2.24, 2.45) is 5.41 Å². The summed E-state index contributed by atoms with van der Waals surface area (Å²) in [6, 6.07) is 6.76. The van der Waals surface area contributed by atoms with E-state index >= 15 is 0 Å². The van der Waals surface area contributed by atoms with Crippen LogP contribution >= 0.6 is 0 Å². The molecule has 0 saturated heterocycles. The molecule has 0 bridgehead atoms. The Hall–Kier alpha value is -2.17. The molecule has 0 unspecified atom stereocenters. The standard InChI is InChI=1S/C18H22O5/c1-5-23-16(21)18(10-11-18)14(19)12-6-8-13(9-7-12)17(2,3)15(20)22-4/h6-9H,5,10-11H2,1-4H3. The molecule has 5 heteroatoms. The van der Waals surface area contributed by atoms with Crippen molar-refractivity contribution in [3.05, 3.63) is 35.4 Å². The molecule has 2 rings (SSSR count). The van der Waals surface area contributed by atoms with Gasteiger partial charge < -0.3 is 9.47 Å². The van der Waals surface area contributed by atoms with Gasteiger partial charge in [-0.1, -0.05) is 24.3 Å². The fraction of sp³-hybridized carbons (Fsp3) is 0.500. The quantitative estimate of drug-likeness (QED) is 0.458. The third-order valence-electron chi connectivity index (χ3n) is 4.42. The molecule has 0 aliphatic heterocycles. The maximum absolute atomic E-state index is 12.6. The highest BCUT2D eigenvalue weighted by molar-refractivity contribution is 6.14. The van der Waals surface area contributed by atoms with Gasteiger partial charge in [-0.15, -0.1) is 0 Å². The van der Waals surface area contributed by atoms with E-state index in [1.54, 1.807) is 45.0 Å². The molecule has 1 fully saturated rings. The van der Waals surface area contributed by atoms with E-state index in [-0.39, 0.29) is 18.4 Å². The molecule has 1 aromatic carbocycles. The van der Waals surface area contributed by atoms with Crippen molar-refractivity contribution in [1.29, 1.82) is 0 Å². The van der Waals surface area contributed by atoms with E-state index in [1.807, 2.05) is 0 Å². The van der Waals surface area contributed by atoms with Gasteiger partial charge >= 0.3 is 11.9 Å². The first-order valence-electron chi connectivity index (χ1n) is 7.70. The SMILES string of the molecule is CCOC(=O)C1(C(=O)c2ccc(C(C)(C)C(=O)OC)cc2)CC1. The van der Waals surface area contributed by atoms with E-state index in [4.69, 9.17) is 9.47 Å². The fourth-order valence-corrected chi connectivity index (χ4v) is 2.61. The van der Waals surface area contributed by atoms with Gasteiger partial charge in [0, 0.05) is 5.56 Å². The van der Waals surface area contributed by atoms with Crippen LogP contribution in [0, 0.1) is 5.41 Å². The average molecular weight is 318 g/mol. The van der Waals surface area contributed by atoms with Gasteiger partial charge in [0.25, 0.3) is 0 Å². The van der Waals surface area contributed by atoms with Crippen molar-refractivity contribution < 1.29 is 23.9 Å².